The minimum atomic E-state index is -4.08. The number of aliphatic hydroxyl groups excluding tert-OH is 2. The number of aromatic amines is 1. The third kappa shape index (κ3) is 4.81. The van der Waals surface area contributed by atoms with Crippen molar-refractivity contribution in [3.63, 3.8) is 0 Å². The Morgan fingerprint density at radius 1 is 1.48 bits per heavy atom. The molecule has 3 N–H and O–H groups in total. The van der Waals surface area contributed by atoms with Gasteiger partial charge in [-0.25, -0.2) is 4.79 Å². The molecule has 10 nitrogen and oxygen atoms in total. The second kappa shape index (κ2) is 7.68. The van der Waals surface area contributed by atoms with Gasteiger partial charge in [0.1, 0.15) is 25.9 Å². The Hall–Kier alpha value is -0.360. The number of H-pyrrole nitrogens is 1. The van der Waals surface area contributed by atoms with Gasteiger partial charge < -0.3 is 28.9 Å². The van der Waals surface area contributed by atoms with Crippen molar-refractivity contribution >= 4 is 7.60 Å². The maximum Gasteiger partial charge on any atom is 1.00 e. The first-order valence-corrected chi connectivity index (χ1v) is 8.05. The van der Waals surface area contributed by atoms with Crippen molar-refractivity contribution in [3.8, 4) is 0 Å². The minimum absolute atomic E-state index is 0. The van der Waals surface area contributed by atoms with E-state index in [2.05, 4.69) is 4.52 Å². The molecule has 0 saturated carbocycles. The molecule has 0 spiro atoms. The van der Waals surface area contributed by atoms with Crippen molar-refractivity contribution in [2.24, 2.45) is 0 Å². The van der Waals surface area contributed by atoms with Crippen LogP contribution in [0, 0.1) is 5.82 Å². The summed E-state index contributed by atoms with van der Waals surface area (Å²) < 4.78 is 34.3. The minimum Gasteiger partial charge on any atom is -0.779 e. The Balaban J connectivity index is 0.00000264. The Labute approximate surface area is 150 Å². The molecular formula is C10H13FN2NaO8P. The van der Waals surface area contributed by atoms with E-state index in [-0.39, 0.29) is 29.6 Å². The van der Waals surface area contributed by atoms with Gasteiger partial charge in [0.2, 0.25) is 5.82 Å². The summed E-state index contributed by atoms with van der Waals surface area (Å²) in [5.41, 5.74) is -2.30. The second-order valence-corrected chi connectivity index (χ2v) is 6.56. The number of ether oxygens (including phenoxy) is 1. The molecule has 0 bridgehead atoms. The molecule has 1 unspecified atom stereocenters. The number of nitrogens with one attached hydrogen (secondary N) is 1. The number of aromatic nitrogens is 2. The molecule has 1 aromatic heterocycles. The van der Waals surface area contributed by atoms with E-state index in [0.29, 0.717) is 10.8 Å². The Morgan fingerprint density at radius 2 is 2.09 bits per heavy atom. The predicted molar refractivity (Wildman–Crippen MR) is 66.7 cm³/mol. The first-order chi connectivity index (χ1) is 10.1. The summed E-state index contributed by atoms with van der Waals surface area (Å²) in [6.07, 6.45) is -5.48. The third-order valence-corrected chi connectivity index (χ3v) is 3.63. The predicted octanol–water partition coefficient (Wildman–Crippen LogP) is -5.50. The summed E-state index contributed by atoms with van der Waals surface area (Å²) in [6, 6.07) is 0. The van der Waals surface area contributed by atoms with Crippen LogP contribution in [0.4, 0.5) is 4.39 Å². The van der Waals surface area contributed by atoms with Gasteiger partial charge in [0.25, 0.3) is 5.56 Å². The van der Waals surface area contributed by atoms with E-state index in [1.165, 1.54) is 0 Å². The fourth-order valence-electron chi connectivity index (χ4n) is 1.96. The second-order valence-electron chi connectivity index (χ2n) is 4.76. The fourth-order valence-corrected chi connectivity index (χ4v) is 2.37. The van der Waals surface area contributed by atoms with Crippen LogP contribution < -0.4 is 45.7 Å². The molecule has 1 fully saturated rings. The number of rotatable bonds is 4. The van der Waals surface area contributed by atoms with Gasteiger partial charge in [-0.2, -0.15) is 4.39 Å². The van der Waals surface area contributed by atoms with E-state index in [9.17, 15) is 33.7 Å². The van der Waals surface area contributed by atoms with E-state index >= 15 is 0 Å². The van der Waals surface area contributed by atoms with Gasteiger partial charge in [-0.1, -0.05) is 0 Å². The number of aliphatic hydroxyl groups is 2. The molecule has 2 heterocycles. The first-order valence-electron chi connectivity index (χ1n) is 6.06. The average molecular weight is 362 g/mol. The van der Waals surface area contributed by atoms with E-state index in [0.717, 1.165) is 6.66 Å². The molecule has 0 aliphatic carbocycles. The molecule has 5 atom stereocenters. The van der Waals surface area contributed by atoms with Crippen LogP contribution in [-0.2, 0) is 13.8 Å². The topological polar surface area (TPSA) is 154 Å². The summed E-state index contributed by atoms with van der Waals surface area (Å²) in [4.78, 5) is 35.1. The van der Waals surface area contributed by atoms with Crippen LogP contribution in [0.3, 0.4) is 0 Å². The molecule has 23 heavy (non-hydrogen) atoms. The average Bonchev–Trinajstić information content (AvgIpc) is 2.68. The van der Waals surface area contributed by atoms with Gasteiger partial charge in [0.05, 0.1) is 12.8 Å². The standard InChI is InChI=1S/C10H14FN2O8P.Na/c1-22(18,19)20-3-5-6(14)7(15)9(21-5)13-2-4(11)8(16)12-10(13)17;/h2,5-7,9,14-15H,3H2,1H3,(H,18,19)(H,12,16,17);/q;+1/p-1/t5-,6-,7-,9-;/m1./s1. The molecule has 2 rings (SSSR count). The van der Waals surface area contributed by atoms with Crippen molar-refractivity contribution < 1.29 is 62.9 Å². The quantitative estimate of drug-likeness (QED) is 0.354. The monoisotopic (exact) mass is 362 g/mol. The van der Waals surface area contributed by atoms with Gasteiger partial charge >= 0.3 is 35.2 Å². The zero-order valence-corrected chi connectivity index (χ0v) is 15.1. The Morgan fingerprint density at radius 3 is 2.65 bits per heavy atom. The molecule has 1 aliphatic heterocycles. The molecule has 0 aromatic carbocycles. The van der Waals surface area contributed by atoms with Crippen molar-refractivity contribution in [3.05, 3.63) is 32.9 Å². The Bertz CT molecular complexity index is 718. The van der Waals surface area contributed by atoms with E-state index in [4.69, 9.17) is 4.74 Å². The van der Waals surface area contributed by atoms with Crippen LogP contribution in [0.5, 0.6) is 0 Å². The van der Waals surface area contributed by atoms with Crippen LogP contribution in [-0.4, -0.2) is 51.3 Å². The third-order valence-electron chi connectivity index (χ3n) is 3.01. The molecule has 1 saturated heterocycles. The number of nitrogens with zero attached hydrogens (tertiary/aromatic N) is 1. The van der Waals surface area contributed by atoms with E-state index in [1.54, 1.807) is 4.98 Å². The van der Waals surface area contributed by atoms with Crippen LogP contribution in [0.25, 0.3) is 0 Å². The molecule has 1 aromatic rings. The van der Waals surface area contributed by atoms with Crippen molar-refractivity contribution in [1.29, 1.82) is 0 Å². The van der Waals surface area contributed by atoms with Crippen molar-refractivity contribution in [1.82, 2.24) is 9.55 Å². The number of halogens is 1. The molecule has 0 amide bonds. The smallest absolute Gasteiger partial charge is 0.779 e. The van der Waals surface area contributed by atoms with Gasteiger partial charge in [-0.05, 0) is 0 Å². The zero-order valence-electron chi connectivity index (χ0n) is 12.2. The van der Waals surface area contributed by atoms with E-state index in [1.807, 2.05) is 0 Å². The molecule has 0 radical (unpaired) electrons. The molecule has 13 heteroatoms. The zero-order chi connectivity index (χ0) is 16.7. The summed E-state index contributed by atoms with van der Waals surface area (Å²) in [7, 11) is -4.08. The summed E-state index contributed by atoms with van der Waals surface area (Å²) in [5.74, 6) is -1.29. The normalized spacial score (nSPS) is 29.8. The summed E-state index contributed by atoms with van der Waals surface area (Å²) in [5, 5.41) is 19.6. The number of hydrogen-bond acceptors (Lipinski definition) is 8. The molecule has 1 aliphatic rings. The summed E-state index contributed by atoms with van der Waals surface area (Å²) in [6.45, 7) is 0.219. The van der Waals surface area contributed by atoms with Crippen LogP contribution in [0.1, 0.15) is 6.23 Å². The summed E-state index contributed by atoms with van der Waals surface area (Å²) >= 11 is 0. The fraction of sp³-hybridized carbons (Fsp3) is 0.600. The van der Waals surface area contributed by atoms with Gasteiger partial charge in [-0.3, -0.25) is 14.3 Å². The van der Waals surface area contributed by atoms with Crippen LogP contribution in [0.2, 0.25) is 0 Å². The SMILES string of the molecule is CP(=O)([O-])OC[C@H]1O[C@@H](n2cc(F)c(=O)[nH]c2=O)[C@H](O)[C@@H]1O.[Na+]. The van der Waals surface area contributed by atoms with Crippen LogP contribution in [0.15, 0.2) is 15.8 Å². The maximum absolute atomic E-state index is 13.2. The van der Waals surface area contributed by atoms with Crippen molar-refractivity contribution in [2.75, 3.05) is 13.3 Å². The molecule has 124 valence electrons. The molecular weight excluding hydrogens is 349 g/mol. The van der Waals surface area contributed by atoms with Crippen LogP contribution >= 0.6 is 7.60 Å². The number of hydrogen-bond donors (Lipinski definition) is 3. The van der Waals surface area contributed by atoms with E-state index < -0.39 is 55.8 Å². The first kappa shape index (κ1) is 20.7. The van der Waals surface area contributed by atoms with Crippen molar-refractivity contribution in [2.45, 2.75) is 24.5 Å². The Kier molecular flexibility index (Phi) is 6.91. The maximum atomic E-state index is 13.2. The van der Waals surface area contributed by atoms with Gasteiger partial charge in [-0.15, -0.1) is 0 Å². The van der Waals surface area contributed by atoms with Gasteiger partial charge in [0, 0.05) is 6.66 Å². The van der Waals surface area contributed by atoms with Gasteiger partial charge in [0.15, 0.2) is 6.23 Å². The largest absolute Gasteiger partial charge is 1.00 e.